The molecule has 0 atom stereocenters. The lowest BCUT2D eigenvalue weighted by molar-refractivity contribution is -0.146. The standard InChI is InChI=1S/C24H30N2O3/c1-16(2)17-9-10-21-22(11-17)29-24(3,4)15-26(21)20-8-6-7-19(12-20)25-13-18(14-25)23(27)28-5/h6-12,16,18H,13-15H2,1-5H3. The molecule has 154 valence electrons. The molecule has 2 aliphatic heterocycles. The van der Waals surface area contributed by atoms with Gasteiger partial charge in [0.2, 0.25) is 0 Å². The smallest absolute Gasteiger partial charge is 0.312 e. The largest absolute Gasteiger partial charge is 0.484 e. The molecule has 0 radical (unpaired) electrons. The van der Waals surface area contributed by atoms with Crippen molar-refractivity contribution in [2.45, 2.75) is 39.2 Å². The van der Waals surface area contributed by atoms with E-state index < -0.39 is 0 Å². The molecule has 0 aliphatic carbocycles. The first-order valence-corrected chi connectivity index (χ1v) is 10.3. The fourth-order valence-electron chi connectivity index (χ4n) is 4.08. The summed E-state index contributed by atoms with van der Waals surface area (Å²) in [5.74, 6) is 1.25. The van der Waals surface area contributed by atoms with E-state index in [1.165, 1.54) is 12.7 Å². The van der Waals surface area contributed by atoms with E-state index in [0.29, 0.717) is 19.0 Å². The van der Waals surface area contributed by atoms with Crippen LogP contribution in [0.15, 0.2) is 42.5 Å². The lowest BCUT2D eigenvalue weighted by atomic mass is 9.98. The second-order valence-electron chi connectivity index (χ2n) is 8.97. The van der Waals surface area contributed by atoms with Crippen LogP contribution in [-0.2, 0) is 9.53 Å². The van der Waals surface area contributed by atoms with Crippen LogP contribution in [0.1, 0.15) is 39.2 Å². The van der Waals surface area contributed by atoms with Crippen LogP contribution in [0, 0.1) is 5.92 Å². The SMILES string of the molecule is COC(=O)C1CN(c2cccc(N3CC(C)(C)Oc4cc(C(C)C)ccc43)c2)C1. The minimum absolute atomic E-state index is 0.0267. The molecule has 0 bridgehead atoms. The monoisotopic (exact) mass is 394 g/mol. The third kappa shape index (κ3) is 3.78. The van der Waals surface area contributed by atoms with E-state index in [1.807, 2.05) is 0 Å². The highest BCUT2D eigenvalue weighted by Gasteiger charge is 2.35. The van der Waals surface area contributed by atoms with Gasteiger partial charge < -0.3 is 19.3 Å². The lowest BCUT2D eigenvalue weighted by Gasteiger charge is -2.42. The number of carbonyl (C=O) groups is 1. The molecule has 29 heavy (non-hydrogen) atoms. The first kappa shape index (κ1) is 19.6. The Balaban J connectivity index is 1.63. The topological polar surface area (TPSA) is 42.0 Å². The zero-order chi connectivity index (χ0) is 20.8. The molecule has 2 aromatic rings. The number of anilines is 3. The van der Waals surface area contributed by atoms with E-state index in [9.17, 15) is 4.79 Å². The number of methoxy groups -OCH3 is 1. The van der Waals surface area contributed by atoms with Gasteiger partial charge in [-0.3, -0.25) is 4.79 Å². The van der Waals surface area contributed by atoms with Crippen molar-refractivity contribution >= 4 is 23.0 Å². The van der Waals surface area contributed by atoms with Crippen LogP contribution in [0.4, 0.5) is 17.1 Å². The van der Waals surface area contributed by atoms with Gasteiger partial charge in [-0.05, 0) is 55.7 Å². The Labute approximate surface area is 173 Å². The number of hydrogen-bond acceptors (Lipinski definition) is 5. The molecule has 2 aliphatic rings. The molecule has 1 saturated heterocycles. The molecule has 1 fully saturated rings. The molecule has 0 N–H and O–H groups in total. The zero-order valence-electron chi connectivity index (χ0n) is 17.9. The van der Waals surface area contributed by atoms with E-state index in [0.717, 1.165) is 29.4 Å². The van der Waals surface area contributed by atoms with Gasteiger partial charge in [-0.15, -0.1) is 0 Å². The van der Waals surface area contributed by atoms with Crippen LogP contribution in [-0.4, -0.2) is 38.3 Å². The molecule has 2 heterocycles. The normalized spacial score (nSPS) is 18.1. The van der Waals surface area contributed by atoms with Gasteiger partial charge in [-0.25, -0.2) is 0 Å². The molecule has 0 saturated carbocycles. The molecular weight excluding hydrogens is 364 g/mol. The maximum Gasteiger partial charge on any atom is 0.312 e. The van der Waals surface area contributed by atoms with Crippen molar-refractivity contribution in [3.63, 3.8) is 0 Å². The number of carbonyl (C=O) groups excluding carboxylic acids is 1. The number of fused-ring (bicyclic) bond motifs is 1. The van der Waals surface area contributed by atoms with Gasteiger partial charge in [0.15, 0.2) is 0 Å². The van der Waals surface area contributed by atoms with Crippen molar-refractivity contribution in [2.75, 3.05) is 36.5 Å². The van der Waals surface area contributed by atoms with Gasteiger partial charge in [0.05, 0.1) is 25.3 Å². The third-order valence-corrected chi connectivity index (χ3v) is 5.79. The molecule has 2 aromatic carbocycles. The van der Waals surface area contributed by atoms with Gasteiger partial charge in [0, 0.05) is 24.5 Å². The summed E-state index contributed by atoms with van der Waals surface area (Å²) in [4.78, 5) is 16.3. The van der Waals surface area contributed by atoms with Crippen LogP contribution < -0.4 is 14.5 Å². The third-order valence-electron chi connectivity index (χ3n) is 5.79. The number of ether oxygens (including phenoxy) is 2. The number of benzene rings is 2. The molecule has 5 nitrogen and oxygen atoms in total. The predicted octanol–water partition coefficient (Wildman–Crippen LogP) is 4.73. The summed E-state index contributed by atoms with van der Waals surface area (Å²) in [7, 11) is 1.45. The molecule has 0 spiro atoms. The first-order chi connectivity index (χ1) is 13.8. The van der Waals surface area contributed by atoms with Crippen LogP contribution in [0.25, 0.3) is 0 Å². The Kier molecular flexibility index (Phi) is 4.93. The van der Waals surface area contributed by atoms with Crippen LogP contribution in [0.2, 0.25) is 0 Å². The predicted molar refractivity (Wildman–Crippen MR) is 116 cm³/mol. The summed E-state index contributed by atoms with van der Waals surface area (Å²) < 4.78 is 11.2. The molecule has 5 heteroatoms. The number of rotatable bonds is 4. The van der Waals surface area contributed by atoms with E-state index in [1.54, 1.807) is 0 Å². The van der Waals surface area contributed by atoms with Crippen LogP contribution in [0.5, 0.6) is 5.75 Å². The van der Waals surface area contributed by atoms with E-state index in [4.69, 9.17) is 9.47 Å². The fourth-order valence-corrected chi connectivity index (χ4v) is 4.08. The Morgan fingerprint density at radius 2 is 1.86 bits per heavy atom. The highest BCUT2D eigenvalue weighted by molar-refractivity contribution is 5.78. The summed E-state index contributed by atoms with van der Waals surface area (Å²) >= 11 is 0. The van der Waals surface area contributed by atoms with Gasteiger partial charge in [0.25, 0.3) is 0 Å². The summed E-state index contributed by atoms with van der Waals surface area (Å²) in [5, 5.41) is 0. The molecular formula is C24H30N2O3. The Morgan fingerprint density at radius 3 is 2.55 bits per heavy atom. The second kappa shape index (κ2) is 7.29. The van der Waals surface area contributed by atoms with E-state index >= 15 is 0 Å². The summed E-state index contributed by atoms with van der Waals surface area (Å²) in [6.45, 7) is 10.8. The average molecular weight is 395 g/mol. The Morgan fingerprint density at radius 1 is 1.14 bits per heavy atom. The summed E-state index contributed by atoms with van der Waals surface area (Å²) in [5.41, 5.74) is 4.36. The van der Waals surface area contributed by atoms with Gasteiger partial charge >= 0.3 is 5.97 Å². The van der Waals surface area contributed by atoms with Crippen molar-refractivity contribution in [3.8, 4) is 5.75 Å². The van der Waals surface area contributed by atoms with E-state index in [2.05, 4.69) is 80.0 Å². The minimum atomic E-state index is -0.286. The van der Waals surface area contributed by atoms with Gasteiger partial charge in [-0.1, -0.05) is 26.0 Å². The first-order valence-electron chi connectivity index (χ1n) is 10.3. The van der Waals surface area contributed by atoms with Crippen LogP contribution in [0.3, 0.4) is 0 Å². The quantitative estimate of drug-likeness (QED) is 0.702. The average Bonchev–Trinajstić information content (AvgIpc) is 2.65. The molecule has 4 rings (SSSR count). The molecule has 0 aromatic heterocycles. The van der Waals surface area contributed by atoms with Crippen molar-refractivity contribution in [2.24, 2.45) is 5.92 Å². The summed E-state index contributed by atoms with van der Waals surface area (Å²) in [6.07, 6.45) is 0. The molecule has 0 unspecified atom stereocenters. The second-order valence-corrected chi connectivity index (χ2v) is 8.97. The minimum Gasteiger partial charge on any atom is -0.484 e. The van der Waals surface area contributed by atoms with Gasteiger partial charge in [0.1, 0.15) is 11.4 Å². The van der Waals surface area contributed by atoms with Gasteiger partial charge in [-0.2, -0.15) is 0 Å². The van der Waals surface area contributed by atoms with Crippen molar-refractivity contribution in [1.82, 2.24) is 0 Å². The fraction of sp³-hybridized carbons (Fsp3) is 0.458. The molecule has 0 amide bonds. The maximum absolute atomic E-state index is 11.7. The number of esters is 1. The lowest BCUT2D eigenvalue weighted by Crippen LogP contribution is -2.51. The highest BCUT2D eigenvalue weighted by Crippen LogP contribution is 2.43. The highest BCUT2D eigenvalue weighted by atomic mass is 16.5. The Hall–Kier alpha value is -2.69. The maximum atomic E-state index is 11.7. The van der Waals surface area contributed by atoms with Crippen molar-refractivity contribution in [1.29, 1.82) is 0 Å². The van der Waals surface area contributed by atoms with Crippen LogP contribution >= 0.6 is 0 Å². The number of nitrogens with zero attached hydrogens (tertiary/aromatic N) is 2. The van der Waals surface area contributed by atoms with E-state index in [-0.39, 0.29) is 17.5 Å². The van der Waals surface area contributed by atoms with Crippen molar-refractivity contribution < 1.29 is 14.3 Å². The Bertz CT molecular complexity index is 916. The zero-order valence-corrected chi connectivity index (χ0v) is 17.9. The number of hydrogen-bond donors (Lipinski definition) is 0. The van der Waals surface area contributed by atoms with Crippen molar-refractivity contribution in [3.05, 3.63) is 48.0 Å². The summed E-state index contributed by atoms with van der Waals surface area (Å²) in [6, 6.07) is 15.1.